The summed E-state index contributed by atoms with van der Waals surface area (Å²) in [5.74, 6) is 0.00850. The molecule has 29 heavy (non-hydrogen) atoms. The Morgan fingerprint density at radius 1 is 1.03 bits per heavy atom. The lowest BCUT2D eigenvalue weighted by molar-refractivity contribution is -0.132. The molecule has 2 aliphatic rings. The number of likely N-dealkylation sites (tertiary alicyclic amines) is 1. The predicted molar refractivity (Wildman–Crippen MR) is 112 cm³/mol. The van der Waals surface area contributed by atoms with Gasteiger partial charge in [0.1, 0.15) is 5.84 Å². The van der Waals surface area contributed by atoms with Crippen molar-refractivity contribution in [3.05, 3.63) is 70.8 Å². The van der Waals surface area contributed by atoms with Gasteiger partial charge in [-0.1, -0.05) is 36.4 Å². The molecule has 1 saturated carbocycles. The molecule has 0 unspecified atom stereocenters. The highest BCUT2D eigenvalue weighted by molar-refractivity contribution is 6.00. The van der Waals surface area contributed by atoms with Crippen LogP contribution in [0.25, 0.3) is 0 Å². The van der Waals surface area contributed by atoms with E-state index in [1.807, 2.05) is 29.2 Å². The lowest BCUT2D eigenvalue weighted by Crippen LogP contribution is -2.37. The van der Waals surface area contributed by atoms with Gasteiger partial charge in [-0.15, -0.1) is 0 Å². The molecule has 2 amide bonds. The second-order valence-corrected chi connectivity index (χ2v) is 7.96. The first kappa shape index (κ1) is 19.2. The van der Waals surface area contributed by atoms with E-state index in [1.165, 1.54) is 0 Å². The molecular formula is C23H26N4O2. The van der Waals surface area contributed by atoms with E-state index in [0.29, 0.717) is 17.7 Å². The summed E-state index contributed by atoms with van der Waals surface area (Å²) in [4.78, 5) is 27.3. The van der Waals surface area contributed by atoms with E-state index in [1.54, 1.807) is 24.3 Å². The summed E-state index contributed by atoms with van der Waals surface area (Å²) in [6.45, 7) is 2.17. The maximum Gasteiger partial charge on any atom is 0.251 e. The number of amidine groups is 1. The van der Waals surface area contributed by atoms with Gasteiger partial charge in [-0.05, 0) is 48.9 Å². The number of hydrogen-bond acceptors (Lipinski definition) is 3. The van der Waals surface area contributed by atoms with Crippen molar-refractivity contribution in [2.45, 2.75) is 37.6 Å². The Balaban J connectivity index is 1.39. The molecule has 4 N–H and O–H groups in total. The van der Waals surface area contributed by atoms with E-state index in [9.17, 15) is 9.59 Å². The first-order valence-corrected chi connectivity index (χ1v) is 10.1. The van der Waals surface area contributed by atoms with Gasteiger partial charge in [0.05, 0.1) is 5.41 Å². The van der Waals surface area contributed by atoms with Crippen molar-refractivity contribution in [2.24, 2.45) is 5.73 Å². The predicted octanol–water partition coefficient (Wildman–Crippen LogP) is 2.55. The fourth-order valence-electron chi connectivity index (χ4n) is 4.03. The second kappa shape index (κ2) is 7.70. The van der Waals surface area contributed by atoms with E-state index in [4.69, 9.17) is 11.1 Å². The molecule has 1 aliphatic carbocycles. The van der Waals surface area contributed by atoms with Crippen molar-refractivity contribution in [3.63, 3.8) is 0 Å². The number of hydrogen-bond donors (Lipinski definition) is 3. The highest BCUT2D eigenvalue weighted by Gasteiger charge is 2.53. The van der Waals surface area contributed by atoms with Crippen LogP contribution >= 0.6 is 0 Å². The zero-order valence-electron chi connectivity index (χ0n) is 16.4. The van der Waals surface area contributed by atoms with Crippen LogP contribution in [0.2, 0.25) is 0 Å². The van der Waals surface area contributed by atoms with E-state index in [0.717, 1.165) is 49.9 Å². The molecule has 0 aromatic heterocycles. The molecule has 1 saturated heterocycles. The third kappa shape index (κ3) is 3.88. The molecule has 2 aromatic rings. The molecule has 2 fully saturated rings. The van der Waals surface area contributed by atoms with Gasteiger partial charge in [-0.2, -0.15) is 0 Å². The Kier molecular flexibility index (Phi) is 5.09. The van der Waals surface area contributed by atoms with Crippen molar-refractivity contribution in [2.75, 3.05) is 13.1 Å². The largest absolute Gasteiger partial charge is 0.384 e. The number of rotatable bonds is 6. The minimum Gasteiger partial charge on any atom is -0.384 e. The summed E-state index contributed by atoms with van der Waals surface area (Å²) < 4.78 is 0. The zero-order valence-corrected chi connectivity index (χ0v) is 16.4. The number of nitrogens with zero attached hydrogens (tertiary/aromatic N) is 1. The van der Waals surface area contributed by atoms with Crippen LogP contribution in [0.1, 0.15) is 52.7 Å². The Morgan fingerprint density at radius 2 is 1.69 bits per heavy atom. The molecule has 4 rings (SSSR count). The monoisotopic (exact) mass is 390 g/mol. The summed E-state index contributed by atoms with van der Waals surface area (Å²) in [7, 11) is 0. The summed E-state index contributed by atoms with van der Waals surface area (Å²) >= 11 is 0. The maximum absolute atomic E-state index is 12.9. The van der Waals surface area contributed by atoms with Crippen LogP contribution in [0.15, 0.2) is 48.5 Å². The molecule has 0 radical (unpaired) electrons. The molecule has 1 heterocycles. The van der Waals surface area contributed by atoms with Gasteiger partial charge in [0.25, 0.3) is 5.91 Å². The van der Waals surface area contributed by atoms with Gasteiger partial charge in [-0.3, -0.25) is 15.0 Å². The first-order valence-electron chi connectivity index (χ1n) is 10.1. The number of nitrogen functional groups attached to an aromatic ring is 1. The molecule has 1 aliphatic heterocycles. The van der Waals surface area contributed by atoms with Crippen LogP contribution in [0.3, 0.4) is 0 Å². The van der Waals surface area contributed by atoms with Gasteiger partial charge in [0.15, 0.2) is 0 Å². The van der Waals surface area contributed by atoms with Crippen molar-refractivity contribution >= 4 is 17.6 Å². The SMILES string of the molecule is N=C(N)c1cccc(C(=O)NCc2ccc(C3(C(=O)N4CCCC4)CC3)cc2)c1. The number of carbonyl (C=O) groups excluding carboxylic acids is 2. The smallest absolute Gasteiger partial charge is 0.251 e. The second-order valence-electron chi connectivity index (χ2n) is 7.96. The van der Waals surface area contributed by atoms with E-state index in [2.05, 4.69) is 5.32 Å². The number of carbonyl (C=O) groups is 2. The quantitative estimate of drug-likeness (QED) is 0.522. The van der Waals surface area contributed by atoms with Crippen LogP contribution in [0, 0.1) is 5.41 Å². The highest BCUT2D eigenvalue weighted by atomic mass is 16.2. The topological polar surface area (TPSA) is 99.3 Å². The van der Waals surface area contributed by atoms with E-state index < -0.39 is 0 Å². The van der Waals surface area contributed by atoms with Crippen molar-refractivity contribution in [3.8, 4) is 0 Å². The normalized spacial score (nSPS) is 17.0. The summed E-state index contributed by atoms with van der Waals surface area (Å²) in [6.07, 6.45) is 4.06. The molecule has 150 valence electrons. The number of benzene rings is 2. The Hall–Kier alpha value is -3.15. The Bertz CT molecular complexity index is 942. The lowest BCUT2D eigenvalue weighted by atomic mass is 9.93. The summed E-state index contributed by atoms with van der Waals surface area (Å²) in [5, 5.41) is 10.4. The molecular weight excluding hydrogens is 364 g/mol. The average Bonchev–Trinajstić information content (AvgIpc) is 3.37. The molecule has 0 bridgehead atoms. The standard InChI is InChI=1S/C23H26N4O2/c24-20(25)17-4-3-5-18(14-17)21(28)26-15-16-6-8-19(9-7-16)23(10-11-23)22(29)27-12-1-2-13-27/h3-9,14H,1-2,10-13,15H2,(H3,24,25)(H,26,28). The van der Waals surface area contributed by atoms with Gasteiger partial charge in [-0.25, -0.2) is 0 Å². The van der Waals surface area contributed by atoms with Crippen molar-refractivity contribution in [1.82, 2.24) is 10.2 Å². The Morgan fingerprint density at radius 3 is 2.31 bits per heavy atom. The maximum atomic E-state index is 12.9. The molecule has 0 spiro atoms. The fraction of sp³-hybridized carbons (Fsp3) is 0.348. The van der Waals surface area contributed by atoms with Gasteiger partial charge >= 0.3 is 0 Å². The number of nitrogens with two attached hydrogens (primary N) is 1. The van der Waals surface area contributed by atoms with E-state index in [-0.39, 0.29) is 23.1 Å². The minimum atomic E-state index is -0.320. The number of nitrogens with one attached hydrogen (secondary N) is 2. The van der Waals surface area contributed by atoms with Gasteiger partial charge < -0.3 is 16.0 Å². The molecule has 2 aromatic carbocycles. The third-order valence-corrected chi connectivity index (χ3v) is 5.95. The first-order chi connectivity index (χ1) is 14.0. The summed E-state index contributed by atoms with van der Waals surface area (Å²) in [6, 6.07) is 14.8. The molecule has 6 nitrogen and oxygen atoms in total. The van der Waals surface area contributed by atoms with Crippen molar-refractivity contribution in [1.29, 1.82) is 5.41 Å². The molecule has 0 atom stereocenters. The summed E-state index contributed by atoms with van der Waals surface area (Å²) in [5.41, 5.74) is 8.23. The van der Waals surface area contributed by atoms with Crippen LogP contribution in [0.5, 0.6) is 0 Å². The van der Waals surface area contributed by atoms with Crippen LogP contribution < -0.4 is 11.1 Å². The van der Waals surface area contributed by atoms with Crippen LogP contribution in [0.4, 0.5) is 0 Å². The van der Waals surface area contributed by atoms with Gasteiger partial charge in [0, 0.05) is 30.8 Å². The van der Waals surface area contributed by atoms with Gasteiger partial charge in [0.2, 0.25) is 5.91 Å². The fourth-order valence-corrected chi connectivity index (χ4v) is 4.03. The Labute approximate surface area is 170 Å². The third-order valence-electron chi connectivity index (χ3n) is 5.95. The zero-order chi connectivity index (χ0) is 20.4. The van der Waals surface area contributed by atoms with Crippen LogP contribution in [-0.2, 0) is 16.8 Å². The van der Waals surface area contributed by atoms with E-state index >= 15 is 0 Å². The average molecular weight is 390 g/mol. The highest BCUT2D eigenvalue weighted by Crippen LogP contribution is 2.50. The molecule has 6 heteroatoms. The lowest BCUT2D eigenvalue weighted by Gasteiger charge is -2.23. The number of amides is 2. The van der Waals surface area contributed by atoms with Crippen LogP contribution in [-0.4, -0.2) is 35.6 Å². The minimum absolute atomic E-state index is 0.0623. The van der Waals surface area contributed by atoms with Crippen molar-refractivity contribution < 1.29 is 9.59 Å².